The third kappa shape index (κ3) is 3.48. The van der Waals surface area contributed by atoms with Crippen molar-refractivity contribution in [1.29, 1.82) is 0 Å². The van der Waals surface area contributed by atoms with Gasteiger partial charge in [0.05, 0.1) is 19.6 Å². The molecule has 0 bridgehead atoms. The highest BCUT2D eigenvalue weighted by Gasteiger charge is 2.20. The summed E-state index contributed by atoms with van der Waals surface area (Å²) in [5.74, 6) is 1.15. The summed E-state index contributed by atoms with van der Waals surface area (Å²) in [7, 11) is 1.85. The number of hydrogen-bond donors (Lipinski definition) is 1. The van der Waals surface area contributed by atoms with E-state index in [4.69, 9.17) is 0 Å². The van der Waals surface area contributed by atoms with Crippen molar-refractivity contribution < 1.29 is 4.79 Å². The molecular weight excluding hydrogens is 286 g/mol. The molecule has 0 unspecified atom stereocenters. The molecule has 112 valence electrons. The second-order valence-electron chi connectivity index (χ2n) is 5.30. The third-order valence-corrected chi connectivity index (χ3v) is 4.61. The number of aromatic nitrogens is 3. The van der Waals surface area contributed by atoms with E-state index in [0.717, 1.165) is 25.2 Å². The van der Waals surface area contributed by atoms with Crippen molar-refractivity contribution in [1.82, 2.24) is 25.0 Å². The van der Waals surface area contributed by atoms with Gasteiger partial charge in [0, 0.05) is 24.4 Å². The van der Waals surface area contributed by atoms with Crippen LogP contribution in [0.5, 0.6) is 0 Å². The van der Waals surface area contributed by atoms with Crippen molar-refractivity contribution in [3.63, 3.8) is 0 Å². The number of aryl methyl sites for hydroxylation is 1. The van der Waals surface area contributed by atoms with Gasteiger partial charge in [0.2, 0.25) is 5.91 Å². The maximum absolute atomic E-state index is 12.1. The van der Waals surface area contributed by atoms with Crippen molar-refractivity contribution in [2.45, 2.75) is 32.0 Å². The fourth-order valence-corrected chi connectivity index (χ4v) is 3.25. The zero-order valence-corrected chi connectivity index (χ0v) is 12.8. The van der Waals surface area contributed by atoms with E-state index in [-0.39, 0.29) is 5.91 Å². The molecule has 7 heteroatoms. The Kier molecular flexibility index (Phi) is 4.31. The van der Waals surface area contributed by atoms with Crippen molar-refractivity contribution in [2.24, 2.45) is 0 Å². The number of amides is 1. The van der Waals surface area contributed by atoms with Crippen LogP contribution in [0.4, 0.5) is 0 Å². The van der Waals surface area contributed by atoms with Crippen LogP contribution in [0.2, 0.25) is 0 Å². The molecule has 2 aromatic heterocycles. The number of nitrogens with one attached hydrogen (secondary N) is 1. The van der Waals surface area contributed by atoms with Crippen LogP contribution in [0.15, 0.2) is 23.8 Å². The largest absolute Gasteiger partial charge is 0.340 e. The summed E-state index contributed by atoms with van der Waals surface area (Å²) in [4.78, 5) is 19.3. The zero-order chi connectivity index (χ0) is 14.7. The Balaban J connectivity index is 1.46. The molecule has 3 rings (SSSR count). The molecule has 0 saturated carbocycles. The summed E-state index contributed by atoms with van der Waals surface area (Å²) in [5.41, 5.74) is 0. The normalized spacial score (nSPS) is 17.5. The molecule has 21 heavy (non-hydrogen) atoms. The Morgan fingerprint density at radius 1 is 1.62 bits per heavy atom. The van der Waals surface area contributed by atoms with E-state index in [9.17, 15) is 4.79 Å². The van der Waals surface area contributed by atoms with Crippen LogP contribution < -0.4 is 5.32 Å². The third-order valence-electron chi connectivity index (χ3n) is 3.75. The lowest BCUT2D eigenvalue weighted by atomic mass is 10.1. The van der Waals surface area contributed by atoms with Gasteiger partial charge in [-0.2, -0.15) is 5.10 Å². The van der Waals surface area contributed by atoms with Gasteiger partial charge in [0.25, 0.3) is 0 Å². The quantitative estimate of drug-likeness (QED) is 0.891. The van der Waals surface area contributed by atoms with Gasteiger partial charge in [0.15, 0.2) is 0 Å². The minimum Gasteiger partial charge on any atom is -0.340 e. The van der Waals surface area contributed by atoms with E-state index in [0.29, 0.717) is 19.1 Å². The summed E-state index contributed by atoms with van der Waals surface area (Å²) in [6.45, 7) is 1.84. The molecule has 1 aliphatic rings. The van der Waals surface area contributed by atoms with Gasteiger partial charge in [-0.3, -0.25) is 4.79 Å². The summed E-state index contributed by atoms with van der Waals surface area (Å²) in [6.07, 6.45) is 3.51. The molecule has 1 aliphatic heterocycles. The second-order valence-corrected chi connectivity index (χ2v) is 6.34. The lowest BCUT2D eigenvalue weighted by molar-refractivity contribution is -0.129. The van der Waals surface area contributed by atoms with E-state index in [1.165, 1.54) is 4.88 Å². The molecule has 0 aliphatic carbocycles. The molecule has 1 amide bonds. The van der Waals surface area contributed by atoms with E-state index < -0.39 is 0 Å². The standard InChI is InChI=1S/C14H19N5OS/c1-18(9-12-3-2-6-21-12)14(20)7-15-11-4-5-13-16-10-17-19(13)8-11/h2-3,6,10-11,15H,4-5,7-9H2,1H3/t11-/m1/s1. The molecule has 0 fully saturated rings. The topological polar surface area (TPSA) is 63.1 Å². The second kappa shape index (κ2) is 6.36. The molecule has 0 radical (unpaired) electrons. The number of carbonyl (C=O) groups excluding carboxylic acids is 1. The summed E-state index contributed by atoms with van der Waals surface area (Å²) in [6, 6.07) is 4.35. The van der Waals surface area contributed by atoms with Gasteiger partial charge < -0.3 is 10.2 Å². The first-order valence-corrected chi connectivity index (χ1v) is 7.97. The highest BCUT2D eigenvalue weighted by molar-refractivity contribution is 7.09. The van der Waals surface area contributed by atoms with Crippen molar-refractivity contribution >= 4 is 17.2 Å². The van der Waals surface area contributed by atoms with E-state index >= 15 is 0 Å². The van der Waals surface area contributed by atoms with Gasteiger partial charge >= 0.3 is 0 Å². The van der Waals surface area contributed by atoms with Gasteiger partial charge in [-0.05, 0) is 17.9 Å². The Bertz CT molecular complexity index is 594. The minimum atomic E-state index is 0.118. The van der Waals surface area contributed by atoms with Crippen LogP contribution in [-0.4, -0.2) is 45.2 Å². The van der Waals surface area contributed by atoms with Crippen LogP contribution in [0.25, 0.3) is 0 Å². The Morgan fingerprint density at radius 2 is 2.52 bits per heavy atom. The average molecular weight is 305 g/mol. The Labute approximate surface area is 127 Å². The smallest absolute Gasteiger partial charge is 0.236 e. The molecule has 3 heterocycles. The molecular formula is C14H19N5OS. The van der Waals surface area contributed by atoms with Crippen LogP contribution in [-0.2, 0) is 24.3 Å². The predicted octanol–water partition coefficient (Wildman–Crippen LogP) is 0.903. The highest BCUT2D eigenvalue weighted by atomic mass is 32.1. The van der Waals surface area contributed by atoms with Crippen molar-refractivity contribution in [3.05, 3.63) is 34.5 Å². The maximum Gasteiger partial charge on any atom is 0.236 e. The van der Waals surface area contributed by atoms with Gasteiger partial charge in [-0.15, -0.1) is 11.3 Å². The van der Waals surface area contributed by atoms with Crippen LogP contribution in [0.3, 0.4) is 0 Å². The van der Waals surface area contributed by atoms with Gasteiger partial charge in [0.1, 0.15) is 12.2 Å². The zero-order valence-electron chi connectivity index (χ0n) is 12.0. The van der Waals surface area contributed by atoms with E-state index in [1.807, 2.05) is 23.2 Å². The monoisotopic (exact) mass is 305 g/mol. The number of likely N-dealkylation sites (N-methyl/N-ethyl adjacent to an activating group) is 1. The summed E-state index contributed by atoms with van der Waals surface area (Å²) >= 11 is 1.68. The molecule has 6 nitrogen and oxygen atoms in total. The fraction of sp³-hybridized carbons (Fsp3) is 0.500. The van der Waals surface area contributed by atoms with Crippen molar-refractivity contribution in [3.8, 4) is 0 Å². The number of hydrogen-bond acceptors (Lipinski definition) is 5. The first-order chi connectivity index (χ1) is 10.2. The number of fused-ring (bicyclic) bond motifs is 1. The van der Waals surface area contributed by atoms with Crippen LogP contribution in [0.1, 0.15) is 17.1 Å². The SMILES string of the molecule is CN(Cc1cccs1)C(=O)CN[C@@H]1CCc2ncnn2C1. The lowest BCUT2D eigenvalue weighted by Crippen LogP contribution is -2.43. The molecule has 0 saturated heterocycles. The van der Waals surface area contributed by atoms with Gasteiger partial charge in [-0.1, -0.05) is 6.07 Å². The highest BCUT2D eigenvalue weighted by Crippen LogP contribution is 2.12. The minimum absolute atomic E-state index is 0.118. The molecule has 1 atom stereocenters. The first kappa shape index (κ1) is 14.2. The fourth-order valence-electron chi connectivity index (χ4n) is 2.50. The molecule has 1 N–H and O–H groups in total. The molecule has 2 aromatic rings. The maximum atomic E-state index is 12.1. The molecule has 0 spiro atoms. The summed E-state index contributed by atoms with van der Waals surface area (Å²) < 4.78 is 1.92. The Morgan fingerprint density at radius 3 is 3.33 bits per heavy atom. The number of rotatable bonds is 5. The summed E-state index contributed by atoms with van der Waals surface area (Å²) in [5, 5.41) is 9.56. The van der Waals surface area contributed by atoms with Crippen molar-refractivity contribution in [2.75, 3.05) is 13.6 Å². The van der Waals surface area contributed by atoms with Crippen LogP contribution >= 0.6 is 11.3 Å². The average Bonchev–Trinajstić information content (AvgIpc) is 3.14. The first-order valence-electron chi connectivity index (χ1n) is 7.09. The van der Waals surface area contributed by atoms with Gasteiger partial charge in [-0.25, -0.2) is 9.67 Å². The van der Waals surface area contributed by atoms with E-state index in [2.05, 4.69) is 21.5 Å². The lowest BCUT2D eigenvalue weighted by Gasteiger charge is -2.24. The number of carbonyl (C=O) groups is 1. The molecule has 0 aromatic carbocycles. The van der Waals surface area contributed by atoms with E-state index in [1.54, 1.807) is 22.6 Å². The Hall–Kier alpha value is -1.73. The number of nitrogens with zero attached hydrogens (tertiary/aromatic N) is 4. The predicted molar refractivity (Wildman–Crippen MR) is 80.9 cm³/mol. The number of thiophene rings is 1. The van der Waals surface area contributed by atoms with Crippen LogP contribution in [0, 0.1) is 0 Å².